The van der Waals surface area contributed by atoms with Crippen molar-refractivity contribution in [1.29, 1.82) is 0 Å². The van der Waals surface area contributed by atoms with Crippen LogP contribution in [-0.2, 0) is 13.1 Å². The van der Waals surface area contributed by atoms with Gasteiger partial charge >= 0.3 is 0 Å². The molecule has 1 fully saturated rings. The number of rotatable bonds is 5. The Labute approximate surface area is 96.6 Å². The smallest absolute Gasteiger partial charge is 0.165 e. The lowest BCUT2D eigenvalue weighted by Gasteiger charge is -2.10. The molecule has 1 saturated carbocycles. The van der Waals surface area contributed by atoms with Gasteiger partial charge in [-0.05, 0) is 41.6 Å². The first kappa shape index (κ1) is 11.5. The fraction of sp³-hybridized carbons (Fsp3) is 0.909. The molecule has 0 bridgehead atoms. The second-order valence-corrected chi connectivity index (χ2v) is 4.84. The summed E-state index contributed by atoms with van der Waals surface area (Å²) in [4.78, 5) is 0. The van der Waals surface area contributed by atoms with Crippen LogP contribution in [0.4, 0.5) is 0 Å². The normalized spacial score (nSPS) is 25.1. The Morgan fingerprint density at radius 3 is 3.00 bits per heavy atom. The minimum Gasteiger partial charge on any atom is -0.310 e. The molecule has 1 aromatic heterocycles. The van der Waals surface area contributed by atoms with E-state index in [1.807, 2.05) is 4.68 Å². The summed E-state index contributed by atoms with van der Waals surface area (Å²) in [5.74, 6) is 2.60. The summed E-state index contributed by atoms with van der Waals surface area (Å²) in [5.41, 5.74) is 0. The fourth-order valence-electron chi connectivity index (χ4n) is 2.46. The van der Waals surface area contributed by atoms with Gasteiger partial charge in [-0.15, -0.1) is 5.10 Å². The van der Waals surface area contributed by atoms with Crippen LogP contribution in [0.1, 0.15) is 38.9 Å². The number of nitrogens with zero attached hydrogens (tertiary/aromatic N) is 4. The summed E-state index contributed by atoms with van der Waals surface area (Å²) < 4.78 is 1.96. The van der Waals surface area contributed by atoms with E-state index in [1.165, 1.54) is 19.3 Å². The van der Waals surface area contributed by atoms with Crippen LogP contribution in [0.2, 0.25) is 0 Å². The molecule has 0 aromatic carbocycles. The molecular formula is C11H21N5. The van der Waals surface area contributed by atoms with Crippen molar-refractivity contribution >= 4 is 0 Å². The van der Waals surface area contributed by atoms with Gasteiger partial charge in [-0.1, -0.05) is 20.3 Å². The Kier molecular flexibility index (Phi) is 3.88. The van der Waals surface area contributed by atoms with Gasteiger partial charge in [0.05, 0.1) is 6.54 Å². The lowest BCUT2D eigenvalue weighted by molar-refractivity contribution is 0.398. The first-order valence-corrected chi connectivity index (χ1v) is 6.25. The number of hydrogen-bond donors (Lipinski definition) is 1. The van der Waals surface area contributed by atoms with Crippen molar-refractivity contribution < 1.29 is 0 Å². The van der Waals surface area contributed by atoms with Gasteiger partial charge in [0.15, 0.2) is 5.82 Å². The van der Waals surface area contributed by atoms with E-state index < -0.39 is 0 Å². The summed E-state index contributed by atoms with van der Waals surface area (Å²) in [6, 6.07) is 0. The minimum atomic E-state index is 0.763. The molecule has 1 N–H and O–H groups in total. The first-order valence-electron chi connectivity index (χ1n) is 6.25. The van der Waals surface area contributed by atoms with Gasteiger partial charge in [-0.25, -0.2) is 4.68 Å². The Morgan fingerprint density at radius 2 is 2.31 bits per heavy atom. The second kappa shape index (κ2) is 5.39. The van der Waals surface area contributed by atoms with Crippen molar-refractivity contribution in [2.45, 2.75) is 46.2 Å². The van der Waals surface area contributed by atoms with E-state index in [2.05, 4.69) is 34.7 Å². The third kappa shape index (κ3) is 2.78. The average molecular weight is 223 g/mol. The molecule has 1 aliphatic rings. The number of tetrazole rings is 1. The van der Waals surface area contributed by atoms with E-state index >= 15 is 0 Å². The quantitative estimate of drug-likeness (QED) is 0.815. The van der Waals surface area contributed by atoms with E-state index in [0.717, 1.165) is 37.3 Å². The van der Waals surface area contributed by atoms with Gasteiger partial charge in [-0.3, -0.25) is 0 Å². The largest absolute Gasteiger partial charge is 0.310 e. The standard InChI is InChI=1S/C11H21N5/c1-3-12-7-11-13-14-15-16(11)8-10-5-4-9(2)6-10/h9-10,12H,3-8H2,1-2H3. The summed E-state index contributed by atoms with van der Waals surface area (Å²) in [6.07, 6.45) is 4.00. The van der Waals surface area contributed by atoms with Crippen LogP contribution >= 0.6 is 0 Å². The van der Waals surface area contributed by atoms with Crippen molar-refractivity contribution in [2.75, 3.05) is 6.54 Å². The molecule has 1 aliphatic carbocycles. The molecule has 0 aliphatic heterocycles. The van der Waals surface area contributed by atoms with Crippen LogP contribution < -0.4 is 5.32 Å². The van der Waals surface area contributed by atoms with Crippen molar-refractivity contribution in [3.8, 4) is 0 Å². The zero-order chi connectivity index (χ0) is 11.4. The summed E-state index contributed by atoms with van der Waals surface area (Å²) in [6.45, 7) is 7.13. The molecule has 90 valence electrons. The first-order chi connectivity index (χ1) is 7.79. The highest BCUT2D eigenvalue weighted by Crippen LogP contribution is 2.31. The van der Waals surface area contributed by atoms with Crippen LogP contribution in [0.15, 0.2) is 0 Å². The van der Waals surface area contributed by atoms with Crippen LogP contribution in [0.3, 0.4) is 0 Å². The molecule has 2 atom stereocenters. The van der Waals surface area contributed by atoms with Gasteiger partial charge in [0.2, 0.25) is 0 Å². The van der Waals surface area contributed by atoms with E-state index in [9.17, 15) is 0 Å². The molecule has 5 heteroatoms. The van der Waals surface area contributed by atoms with E-state index in [4.69, 9.17) is 0 Å². The van der Waals surface area contributed by atoms with Gasteiger partial charge in [0.25, 0.3) is 0 Å². The summed E-state index contributed by atoms with van der Waals surface area (Å²) >= 11 is 0. The van der Waals surface area contributed by atoms with Crippen molar-refractivity contribution in [3.63, 3.8) is 0 Å². The van der Waals surface area contributed by atoms with Gasteiger partial charge in [0.1, 0.15) is 0 Å². The monoisotopic (exact) mass is 223 g/mol. The van der Waals surface area contributed by atoms with Crippen LogP contribution in [-0.4, -0.2) is 26.8 Å². The highest BCUT2D eigenvalue weighted by atomic mass is 15.5. The maximum Gasteiger partial charge on any atom is 0.165 e. The zero-order valence-corrected chi connectivity index (χ0v) is 10.2. The molecule has 2 rings (SSSR count). The van der Waals surface area contributed by atoms with Gasteiger partial charge in [0, 0.05) is 6.54 Å². The highest BCUT2D eigenvalue weighted by molar-refractivity contribution is 4.82. The third-order valence-electron chi connectivity index (χ3n) is 3.37. The van der Waals surface area contributed by atoms with Crippen LogP contribution in [0.5, 0.6) is 0 Å². The lowest BCUT2D eigenvalue weighted by atomic mass is 10.1. The van der Waals surface area contributed by atoms with E-state index in [1.54, 1.807) is 0 Å². The molecule has 1 heterocycles. The molecule has 0 spiro atoms. The minimum absolute atomic E-state index is 0.763. The molecule has 16 heavy (non-hydrogen) atoms. The van der Waals surface area contributed by atoms with Crippen LogP contribution in [0.25, 0.3) is 0 Å². The Bertz CT molecular complexity index is 322. The molecule has 5 nitrogen and oxygen atoms in total. The topological polar surface area (TPSA) is 55.6 Å². The van der Waals surface area contributed by atoms with Crippen LogP contribution in [0, 0.1) is 11.8 Å². The Morgan fingerprint density at radius 1 is 1.44 bits per heavy atom. The van der Waals surface area contributed by atoms with Crippen molar-refractivity contribution in [3.05, 3.63) is 5.82 Å². The SMILES string of the molecule is CCNCc1nnnn1CC1CCC(C)C1. The highest BCUT2D eigenvalue weighted by Gasteiger charge is 2.22. The van der Waals surface area contributed by atoms with E-state index in [0.29, 0.717) is 0 Å². The van der Waals surface area contributed by atoms with Gasteiger partial charge < -0.3 is 5.32 Å². The Hall–Kier alpha value is -0.970. The fourth-order valence-corrected chi connectivity index (χ4v) is 2.46. The maximum absolute atomic E-state index is 4.07. The number of nitrogens with one attached hydrogen (secondary N) is 1. The molecule has 2 unspecified atom stereocenters. The zero-order valence-electron chi connectivity index (χ0n) is 10.2. The molecule has 0 amide bonds. The molecule has 1 aromatic rings. The van der Waals surface area contributed by atoms with Gasteiger partial charge in [-0.2, -0.15) is 0 Å². The molecule has 0 saturated heterocycles. The summed E-state index contributed by atoms with van der Waals surface area (Å²) in [7, 11) is 0. The predicted octanol–water partition coefficient (Wildman–Crippen LogP) is 1.22. The summed E-state index contributed by atoms with van der Waals surface area (Å²) in [5, 5.41) is 15.1. The molecule has 0 radical (unpaired) electrons. The van der Waals surface area contributed by atoms with Crippen molar-refractivity contribution in [2.24, 2.45) is 11.8 Å². The predicted molar refractivity (Wildman–Crippen MR) is 61.7 cm³/mol. The maximum atomic E-state index is 4.07. The second-order valence-electron chi connectivity index (χ2n) is 4.84. The van der Waals surface area contributed by atoms with Crippen molar-refractivity contribution in [1.82, 2.24) is 25.5 Å². The average Bonchev–Trinajstić information content (AvgIpc) is 2.86. The number of hydrogen-bond acceptors (Lipinski definition) is 4. The third-order valence-corrected chi connectivity index (χ3v) is 3.37. The number of aromatic nitrogens is 4. The Balaban J connectivity index is 1.90. The van der Waals surface area contributed by atoms with E-state index in [-0.39, 0.29) is 0 Å². The molecular weight excluding hydrogens is 202 g/mol. The lowest BCUT2D eigenvalue weighted by Crippen LogP contribution is -2.19.